The number of primary amides is 1. The van der Waals surface area contributed by atoms with Crippen LogP contribution in [0.25, 0.3) is 0 Å². The molecule has 162 valence electrons. The van der Waals surface area contributed by atoms with Crippen LogP contribution in [0.15, 0.2) is 48.5 Å². The summed E-state index contributed by atoms with van der Waals surface area (Å²) in [4.78, 5) is 30.2. The number of carbonyl (C=O) groups is 2. The van der Waals surface area contributed by atoms with E-state index < -0.39 is 30.1 Å². The topological polar surface area (TPSA) is 112 Å². The molecule has 3 aromatic rings. The Balaban J connectivity index is 2.07. The lowest BCUT2D eigenvalue weighted by atomic mass is 10.1. The summed E-state index contributed by atoms with van der Waals surface area (Å²) in [6.45, 7) is -1.81. The number of anilines is 3. The van der Waals surface area contributed by atoms with Gasteiger partial charge in [-0.1, -0.05) is 41.7 Å². The molecule has 0 aliphatic carbocycles. The number of hydrogen-bond donors (Lipinski definition) is 2. The SMILES string of the molecule is C[C@H](C(N)=O)N(c1ccc(F)c(OC(F)F)c1)c1nc(N)c(C(=O)c2ccccc2)s1. The van der Waals surface area contributed by atoms with Crippen LogP contribution < -0.4 is 21.1 Å². The van der Waals surface area contributed by atoms with Gasteiger partial charge in [0.2, 0.25) is 11.7 Å². The molecule has 0 fully saturated rings. The molecule has 0 bridgehead atoms. The number of nitrogens with two attached hydrogens (primary N) is 2. The van der Waals surface area contributed by atoms with E-state index in [0.29, 0.717) is 5.56 Å². The highest BCUT2D eigenvalue weighted by atomic mass is 32.1. The largest absolute Gasteiger partial charge is 0.432 e. The second-order valence-corrected chi connectivity index (χ2v) is 7.33. The number of halogens is 3. The number of benzene rings is 2. The van der Waals surface area contributed by atoms with E-state index in [4.69, 9.17) is 11.5 Å². The van der Waals surface area contributed by atoms with Gasteiger partial charge in [0.05, 0.1) is 0 Å². The maximum absolute atomic E-state index is 13.9. The summed E-state index contributed by atoms with van der Waals surface area (Å²) in [6, 6.07) is 10.4. The minimum atomic E-state index is -3.25. The number of ether oxygens (including phenoxy) is 1. The van der Waals surface area contributed by atoms with Crippen LogP contribution in [0.2, 0.25) is 0 Å². The van der Waals surface area contributed by atoms with Crippen molar-refractivity contribution in [1.29, 1.82) is 0 Å². The van der Waals surface area contributed by atoms with Gasteiger partial charge >= 0.3 is 6.61 Å². The van der Waals surface area contributed by atoms with Crippen LogP contribution in [-0.2, 0) is 4.79 Å². The lowest BCUT2D eigenvalue weighted by molar-refractivity contribution is -0.118. The normalized spacial score (nSPS) is 11.9. The second-order valence-electron chi connectivity index (χ2n) is 6.35. The summed E-state index contributed by atoms with van der Waals surface area (Å²) in [7, 11) is 0. The van der Waals surface area contributed by atoms with E-state index in [9.17, 15) is 22.8 Å². The number of rotatable bonds is 8. The van der Waals surface area contributed by atoms with Crippen molar-refractivity contribution in [3.05, 3.63) is 64.8 Å². The molecule has 7 nitrogen and oxygen atoms in total. The van der Waals surface area contributed by atoms with Crippen molar-refractivity contribution in [1.82, 2.24) is 4.98 Å². The molecule has 1 aromatic heterocycles. The van der Waals surface area contributed by atoms with Gasteiger partial charge in [0.1, 0.15) is 16.7 Å². The number of hydrogen-bond acceptors (Lipinski definition) is 7. The van der Waals surface area contributed by atoms with E-state index in [1.54, 1.807) is 30.3 Å². The zero-order valence-corrected chi connectivity index (χ0v) is 16.9. The number of thiazole rings is 1. The molecule has 1 atom stereocenters. The monoisotopic (exact) mass is 450 g/mol. The van der Waals surface area contributed by atoms with Crippen molar-refractivity contribution < 1.29 is 27.5 Å². The van der Waals surface area contributed by atoms with E-state index in [1.165, 1.54) is 17.9 Å². The first kappa shape index (κ1) is 22.1. The lowest BCUT2D eigenvalue weighted by Crippen LogP contribution is -2.40. The summed E-state index contributed by atoms with van der Waals surface area (Å²) < 4.78 is 43.3. The molecule has 0 spiro atoms. The smallest absolute Gasteiger partial charge is 0.387 e. The van der Waals surface area contributed by atoms with Gasteiger partial charge in [-0.15, -0.1) is 0 Å². The highest BCUT2D eigenvalue weighted by Crippen LogP contribution is 2.37. The predicted octanol–water partition coefficient (Wildman–Crippen LogP) is 3.71. The van der Waals surface area contributed by atoms with Crippen LogP contribution >= 0.6 is 11.3 Å². The Morgan fingerprint density at radius 1 is 1.16 bits per heavy atom. The van der Waals surface area contributed by atoms with Crippen LogP contribution in [0.3, 0.4) is 0 Å². The fraction of sp³-hybridized carbons (Fsp3) is 0.150. The number of carbonyl (C=O) groups excluding carboxylic acids is 2. The molecule has 2 aromatic carbocycles. The first-order valence-electron chi connectivity index (χ1n) is 8.88. The maximum atomic E-state index is 13.9. The fourth-order valence-corrected chi connectivity index (χ4v) is 3.81. The Hall–Kier alpha value is -3.60. The molecule has 1 heterocycles. The second kappa shape index (κ2) is 9.04. The average molecular weight is 450 g/mol. The lowest BCUT2D eigenvalue weighted by Gasteiger charge is -2.27. The third kappa shape index (κ3) is 4.77. The standard InChI is InChI=1S/C20H17F3N4O3S/c1-10(18(25)29)27(12-7-8-13(21)14(9-12)30-19(22)23)20-26-17(24)16(31-20)15(28)11-5-3-2-4-6-11/h2-10,19H,24H2,1H3,(H2,25,29)/t10-/m1/s1. The van der Waals surface area contributed by atoms with E-state index in [1.807, 2.05) is 0 Å². The van der Waals surface area contributed by atoms with Gasteiger partial charge in [-0.2, -0.15) is 8.78 Å². The molecule has 3 rings (SSSR count). The molecule has 0 saturated heterocycles. The van der Waals surface area contributed by atoms with Crippen LogP contribution in [0.4, 0.5) is 29.8 Å². The molecular formula is C20H17F3N4O3S. The van der Waals surface area contributed by atoms with Crippen LogP contribution in [0.5, 0.6) is 5.75 Å². The summed E-state index contributed by atoms with van der Waals surface area (Å²) in [5.41, 5.74) is 11.8. The number of amides is 1. The third-order valence-corrected chi connectivity index (χ3v) is 5.37. The maximum Gasteiger partial charge on any atom is 0.387 e. The molecule has 11 heteroatoms. The molecule has 0 aliphatic heterocycles. The first-order chi connectivity index (χ1) is 14.7. The zero-order chi connectivity index (χ0) is 22.7. The van der Waals surface area contributed by atoms with Crippen molar-refractivity contribution >= 4 is 39.7 Å². The molecule has 1 amide bonds. The quantitative estimate of drug-likeness (QED) is 0.506. The van der Waals surface area contributed by atoms with E-state index in [0.717, 1.165) is 23.5 Å². The van der Waals surface area contributed by atoms with Crippen molar-refractivity contribution in [3.63, 3.8) is 0 Å². The molecule has 4 N–H and O–H groups in total. The number of nitrogen functional groups attached to an aromatic ring is 1. The Labute approximate surface area is 179 Å². The van der Waals surface area contributed by atoms with Gasteiger partial charge in [0.25, 0.3) is 0 Å². The van der Waals surface area contributed by atoms with Crippen LogP contribution in [0, 0.1) is 5.82 Å². The number of alkyl halides is 2. The minimum absolute atomic E-state index is 0.0818. The third-order valence-electron chi connectivity index (χ3n) is 4.30. The highest BCUT2D eigenvalue weighted by molar-refractivity contribution is 7.18. The van der Waals surface area contributed by atoms with Gasteiger partial charge < -0.3 is 21.1 Å². The van der Waals surface area contributed by atoms with Gasteiger partial charge in [-0.05, 0) is 19.1 Å². The Bertz CT molecular complexity index is 1110. The highest BCUT2D eigenvalue weighted by Gasteiger charge is 2.28. The average Bonchev–Trinajstić information content (AvgIpc) is 3.11. The fourth-order valence-electron chi connectivity index (χ4n) is 2.76. The van der Waals surface area contributed by atoms with Gasteiger partial charge in [-0.25, -0.2) is 9.37 Å². The molecular weight excluding hydrogens is 433 g/mol. The molecule has 31 heavy (non-hydrogen) atoms. The number of nitrogens with zero attached hydrogens (tertiary/aromatic N) is 2. The van der Waals surface area contributed by atoms with E-state index >= 15 is 0 Å². The summed E-state index contributed by atoms with van der Waals surface area (Å²) in [5.74, 6) is -2.98. The summed E-state index contributed by atoms with van der Waals surface area (Å²) in [6.07, 6.45) is 0. The van der Waals surface area contributed by atoms with E-state index in [2.05, 4.69) is 9.72 Å². The minimum Gasteiger partial charge on any atom is -0.432 e. The van der Waals surface area contributed by atoms with Gasteiger partial charge in [0, 0.05) is 17.3 Å². The molecule has 0 radical (unpaired) electrons. The first-order valence-corrected chi connectivity index (χ1v) is 9.69. The van der Waals surface area contributed by atoms with E-state index in [-0.39, 0.29) is 27.3 Å². The van der Waals surface area contributed by atoms with Crippen molar-refractivity contribution in [2.45, 2.75) is 19.6 Å². The zero-order valence-electron chi connectivity index (χ0n) is 16.1. The number of ketones is 1. The van der Waals surface area contributed by atoms with Crippen molar-refractivity contribution in [2.24, 2.45) is 5.73 Å². The molecule has 0 aliphatic rings. The van der Waals surface area contributed by atoms with Gasteiger partial charge in [-0.3, -0.25) is 9.59 Å². The molecule has 0 unspecified atom stereocenters. The van der Waals surface area contributed by atoms with Crippen LogP contribution in [0.1, 0.15) is 22.2 Å². The van der Waals surface area contributed by atoms with Crippen molar-refractivity contribution in [2.75, 3.05) is 10.6 Å². The summed E-state index contributed by atoms with van der Waals surface area (Å²) >= 11 is 0.885. The van der Waals surface area contributed by atoms with Crippen molar-refractivity contribution in [3.8, 4) is 5.75 Å². The number of aromatic nitrogens is 1. The Morgan fingerprint density at radius 3 is 2.45 bits per heavy atom. The summed E-state index contributed by atoms with van der Waals surface area (Å²) in [5, 5.41) is 0.0951. The van der Waals surface area contributed by atoms with Gasteiger partial charge in [0.15, 0.2) is 16.7 Å². The Morgan fingerprint density at radius 2 is 1.84 bits per heavy atom. The predicted molar refractivity (Wildman–Crippen MR) is 110 cm³/mol. The Kier molecular flexibility index (Phi) is 6.44. The molecule has 0 saturated carbocycles. The van der Waals surface area contributed by atoms with Crippen LogP contribution in [-0.4, -0.2) is 29.3 Å².